The summed E-state index contributed by atoms with van der Waals surface area (Å²) >= 11 is 0. The van der Waals surface area contributed by atoms with Crippen LogP contribution in [0, 0.1) is 11.8 Å². The first-order valence-corrected chi connectivity index (χ1v) is 3.77. The predicted octanol–water partition coefficient (Wildman–Crippen LogP) is 2.46. The van der Waals surface area contributed by atoms with E-state index in [1.807, 2.05) is 44.1 Å². The van der Waals surface area contributed by atoms with Gasteiger partial charge in [0, 0.05) is 14.1 Å². The Morgan fingerprint density at radius 3 is 2.42 bits per heavy atom. The van der Waals surface area contributed by atoms with Crippen LogP contribution in [0.15, 0.2) is 23.4 Å². The zero-order valence-corrected chi connectivity index (χ0v) is 7.53. The quantitative estimate of drug-likeness (QED) is 0.629. The fourth-order valence-electron chi connectivity index (χ4n) is 1.12. The van der Waals surface area contributed by atoms with Crippen molar-refractivity contribution in [2.45, 2.75) is 6.92 Å². The van der Waals surface area contributed by atoms with Crippen LogP contribution in [0.3, 0.4) is 0 Å². The standard InChI is InChI=1S/C9H12N2O/c1-7-5-4-6-8(11(2)3)9(7)10-12/h4-6H,1-3H3. The summed E-state index contributed by atoms with van der Waals surface area (Å²) in [5.74, 6) is 0. The number of benzene rings is 1. The average molecular weight is 164 g/mol. The minimum absolute atomic E-state index is 0.530. The Morgan fingerprint density at radius 2 is 2.00 bits per heavy atom. The summed E-state index contributed by atoms with van der Waals surface area (Å²) in [6, 6.07) is 5.67. The smallest absolute Gasteiger partial charge is 0.134 e. The molecule has 0 N–H and O–H groups in total. The van der Waals surface area contributed by atoms with Crippen LogP contribution in [0.5, 0.6) is 0 Å². The van der Waals surface area contributed by atoms with Crippen LogP contribution >= 0.6 is 0 Å². The van der Waals surface area contributed by atoms with Gasteiger partial charge in [-0.1, -0.05) is 12.1 Å². The molecular formula is C9H12N2O. The average Bonchev–Trinajstić information content (AvgIpc) is 2.03. The molecular weight excluding hydrogens is 152 g/mol. The summed E-state index contributed by atoms with van der Waals surface area (Å²) in [6.45, 7) is 1.88. The lowest BCUT2D eigenvalue weighted by molar-refractivity contribution is 1.12. The summed E-state index contributed by atoms with van der Waals surface area (Å²) in [7, 11) is 3.78. The van der Waals surface area contributed by atoms with E-state index in [-0.39, 0.29) is 0 Å². The third-order valence-electron chi connectivity index (χ3n) is 1.79. The first-order valence-electron chi connectivity index (χ1n) is 3.77. The molecule has 3 heteroatoms. The Bertz CT molecular complexity index is 295. The molecule has 0 saturated heterocycles. The Balaban J connectivity index is 3.27. The Morgan fingerprint density at radius 1 is 1.33 bits per heavy atom. The van der Waals surface area contributed by atoms with Gasteiger partial charge in [-0.15, -0.1) is 4.91 Å². The molecule has 0 spiro atoms. The van der Waals surface area contributed by atoms with E-state index in [1.54, 1.807) is 0 Å². The summed E-state index contributed by atoms with van der Waals surface area (Å²) in [4.78, 5) is 12.4. The number of anilines is 1. The van der Waals surface area contributed by atoms with Gasteiger partial charge in [-0.05, 0) is 23.7 Å². The molecule has 1 aromatic rings. The van der Waals surface area contributed by atoms with Crippen LogP contribution in [0.1, 0.15) is 5.56 Å². The van der Waals surface area contributed by atoms with Gasteiger partial charge in [0.2, 0.25) is 0 Å². The van der Waals surface area contributed by atoms with E-state index in [1.165, 1.54) is 0 Å². The normalized spacial score (nSPS) is 9.58. The van der Waals surface area contributed by atoms with Crippen LogP contribution in [0.25, 0.3) is 0 Å². The lowest BCUT2D eigenvalue weighted by Gasteiger charge is -2.14. The molecule has 0 bridgehead atoms. The van der Waals surface area contributed by atoms with Crippen molar-refractivity contribution in [2.75, 3.05) is 19.0 Å². The van der Waals surface area contributed by atoms with Gasteiger partial charge in [0.15, 0.2) is 0 Å². The lowest BCUT2D eigenvalue weighted by atomic mass is 10.1. The number of hydrogen-bond acceptors (Lipinski definition) is 3. The highest BCUT2D eigenvalue weighted by Gasteiger charge is 2.06. The Kier molecular flexibility index (Phi) is 2.43. The first kappa shape index (κ1) is 8.71. The molecule has 0 saturated carbocycles. The van der Waals surface area contributed by atoms with Crippen molar-refractivity contribution in [3.63, 3.8) is 0 Å². The van der Waals surface area contributed by atoms with Crippen LogP contribution in [0.4, 0.5) is 11.4 Å². The minimum atomic E-state index is 0.530. The molecule has 3 nitrogen and oxygen atoms in total. The fourth-order valence-corrected chi connectivity index (χ4v) is 1.12. The highest BCUT2D eigenvalue weighted by molar-refractivity contribution is 5.69. The number of nitroso groups, excluding NO2 is 1. The van der Waals surface area contributed by atoms with Crippen molar-refractivity contribution in [1.29, 1.82) is 0 Å². The van der Waals surface area contributed by atoms with E-state index in [9.17, 15) is 4.91 Å². The highest BCUT2D eigenvalue weighted by Crippen LogP contribution is 2.29. The fraction of sp³-hybridized carbons (Fsp3) is 0.333. The van der Waals surface area contributed by atoms with Gasteiger partial charge in [0.05, 0.1) is 5.69 Å². The molecule has 0 aromatic heterocycles. The topological polar surface area (TPSA) is 32.7 Å². The van der Waals surface area contributed by atoms with Crippen molar-refractivity contribution >= 4 is 11.4 Å². The van der Waals surface area contributed by atoms with Gasteiger partial charge >= 0.3 is 0 Å². The molecule has 64 valence electrons. The van der Waals surface area contributed by atoms with Crippen LogP contribution in [0.2, 0.25) is 0 Å². The third-order valence-corrected chi connectivity index (χ3v) is 1.79. The zero-order valence-electron chi connectivity index (χ0n) is 7.53. The van der Waals surface area contributed by atoms with Gasteiger partial charge in [0.25, 0.3) is 0 Å². The van der Waals surface area contributed by atoms with Crippen molar-refractivity contribution < 1.29 is 0 Å². The molecule has 0 atom stereocenters. The number of aryl methyl sites for hydroxylation is 1. The molecule has 1 aromatic carbocycles. The van der Waals surface area contributed by atoms with E-state index < -0.39 is 0 Å². The SMILES string of the molecule is Cc1cccc(N(C)C)c1N=O. The monoisotopic (exact) mass is 164 g/mol. The Hall–Kier alpha value is -1.38. The van der Waals surface area contributed by atoms with E-state index in [0.717, 1.165) is 11.3 Å². The van der Waals surface area contributed by atoms with Crippen molar-refractivity contribution in [3.05, 3.63) is 28.7 Å². The number of hydrogen-bond donors (Lipinski definition) is 0. The summed E-state index contributed by atoms with van der Waals surface area (Å²) in [5.41, 5.74) is 2.31. The van der Waals surface area contributed by atoms with Crippen molar-refractivity contribution in [2.24, 2.45) is 5.18 Å². The van der Waals surface area contributed by atoms with Crippen LogP contribution < -0.4 is 4.90 Å². The Labute approximate surface area is 72.0 Å². The maximum absolute atomic E-state index is 10.5. The number of nitrogens with zero attached hydrogens (tertiary/aromatic N) is 2. The third kappa shape index (κ3) is 1.44. The van der Waals surface area contributed by atoms with E-state index >= 15 is 0 Å². The molecule has 0 radical (unpaired) electrons. The summed E-state index contributed by atoms with van der Waals surface area (Å²) in [5, 5.41) is 3.00. The molecule has 0 fully saturated rings. The van der Waals surface area contributed by atoms with Gasteiger partial charge in [0.1, 0.15) is 5.69 Å². The second-order valence-corrected chi connectivity index (χ2v) is 2.93. The second kappa shape index (κ2) is 3.34. The molecule has 0 heterocycles. The predicted molar refractivity (Wildman–Crippen MR) is 51.0 cm³/mol. The van der Waals surface area contributed by atoms with Crippen LogP contribution in [-0.2, 0) is 0 Å². The molecule has 1 rings (SSSR count). The largest absolute Gasteiger partial charge is 0.376 e. The van der Waals surface area contributed by atoms with Gasteiger partial charge in [-0.25, -0.2) is 0 Å². The summed E-state index contributed by atoms with van der Waals surface area (Å²) in [6.07, 6.45) is 0. The van der Waals surface area contributed by atoms with Crippen molar-refractivity contribution in [1.82, 2.24) is 0 Å². The van der Waals surface area contributed by atoms with E-state index in [4.69, 9.17) is 0 Å². The van der Waals surface area contributed by atoms with Gasteiger partial charge in [-0.3, -0.25) is 0 Å². The zero-order chi connectivity index (χ0) is 9.14. The minimum Gasteiger partial charge on any atom is -0.376 e. The molecule has 12 heavy (non-hydrogen) atoms. The maximum atomic E-state index is 10.5. The second-order valence-electron chi connectivity index (χ2n) is 2.93. The lowest BCUT2D eigenvalue weighted by Crippen LogP contribution is -2.08. The van der Waals surface area contributed by atoms with Crippen molar-refractivity contribution in [3.8, 4) is 0 Å². The molecule has 0 aliphatic heterocycles. The maximum Gasteiger partial charge on any atom is 0.134 e. The van der Waals surface area contributed by atoms with Gasteiger partial charge in [-0.2, -0.15) is 0 Å². The van der Waals surface area contributed by atoms with Gasteiger partial charge < -0.3 is 4.90 Å². The first-order chi connectivity index (χ1) is 5.66. The summed E-state index contributed by atoms with van der Waals surface area (Å²) < 4.78 is 0. The van der Waals surface area contributed by atoms with E-state index in [0.29, 0.717) is 5.69 Å². The highest BCUT2D eigenvalue weighted by atomic mass is 16.3. The molecule has 0 amide bonds. The molecule has 0 aliphatic rings. The number of rotatable bonds is 2. The molecule has 0 aliphatic carbocycles. The van der Waals surface area contributed by atoms with E-state index in [2.05, 4.69) is 5.18 Å². The van der Waals surface area contributed by atoms with Crippen LogP contribution in [-0.4, -0.2) is 14.1 Å². The molecule has 0 unspecified atom stereocenters.